The van der Waals surface area contributed by atoms with Crippen LogP contribution in [0.5, 0.6) is 0 Å². The van der Waals surface area contributed by atoms with Gasteiger partial charge in [0.15, 0.2) is 11.7 Å². The van der Waals surface area contributed by atoms with E-state index < -0.39 is 0 Å². The molecule has 7 nitrogen and oxygen atoms in total. The number of hydrogen-bond acceptors (Lipinski definition) is 4. The topological polar surface area (TPSA) is 80.3 Å². The third kappa shape index (κ3) is 6.20. The van der Waals surface area contributed by atoms with E-state index in [0.717, 1.165) is 49.3 Å². The summed E-state index contributed by atoms with van der Waals surface area (Å²) in [4.78, 5) is 9.11. The zero-order valence-electron chi connectivity index (χ0n) is 17.4. The van der Waals surface area contributed by atoms with Gasteiger partial charge in [-0.2, -0.15) is 0 Å². The largest absolute Gasteiger partial charge is 0.359 e. The van der Waals surface area contributed by atoms with Crippen LogP contribution in [0.2, 0.25) is 0 Å². The fourth-order valence-electron chi connectivity index (χ4n) is 2.96. The maximum absolute atomic E-state index is 5.36. The van der Waals surface area contributed by atoms with Gasteiger partial charge in [0, 0.05) is 44.5 Å². The third-order valence-electron chi connectivity index (χ3n) is 4.54. The van der Waals surface area contributed by atoms with Gasteiger partial charge in [-0.3, -0.25) is 0 Å². The van der Waals surface area contributed by atoms with Crippen LogP contribution in [-0.2, 0) is 19.5 Å². The Hall–Kier alpha value is -3.09. The van der Waals surface area contributed by atoms with Crippen LogP contribution in [0.25, 0.3) is 0 Å². The molecule has 2 N–H and O–H groups in total. The van der Waals surface area contributed by atoms with E-state index in [1.54, 1.807) is 0 Å². The molecule has 0 radical (unpaired) electrons. The van der Waals surface area contributed by atoms with Gasteiger partial charge in [-0.25, -0.2) is 9.98 Å². The van der Waals surface area contributed by atoms with Crippen molar-refractivity contribution in [3.8, 4) is 0 Å². The lowest BCUT2D eigenvalue weighted by atomic mass is 10.1. The minimum Gasteiger partial charge on any atom is -0.359 e. The van der Waals surface area contributed by atoms with Crippen LogP contribution in [-0.4, -0.2) is 33.8 Å². The molecule has 1 aromatic carbocycles. The summed E-state index contributed by atoms with van der Waals surface area (Å²) >= 11 is 0. The highest BCUT2D eigenvalue weighted by molar-refractivity contribution is 5.79. The number of aliphatic imine (C=N–C) groups is 1. The second-order valence-electron chi connectivity index (χ2n) is 7.20. The lowest BCUT2D eigenvalue weighted by Gasteiger charge is -2.12. The molecule has 3 rings (SSSR count). The minimum absolute atomic E-state index is 0.350. The summed E-state index contributed by atoms with van der Waals surface area (Å²) in [5.41, 5.74) is 2.22. The summed E-state index contributed by atoms with van der Waals surface area (Å²) in [5.74, 6) is 2.93. The second kappa shape index (κ2) is 10.5. The molecular weight excluding hydrogens is 364 g/mol. The van der Waals surface area contributed by atoms with Gasteiger partial charge < -0.3 is 19.7 Å². The molecule has 154 valence electrons. The molecule has 0 aliphatic heterocycles. The van der Waals surface area contributed by atoms with E-state index >= 15 is 0 Å². The van der Waals surface area contributed by atoms with Gasteiger partial charge in [0.1, 0.15) is 12.4 Å². The molecule has 0 saturated heterocycles. The van der Waals surface area contributed by atoms with E-state index in [1.807, 2.05) is 24.5 Å². The molecule has 0 spiro atoms. The molecule has 3 aromatic rings. The first kappa shape index (κ1) is 20.6. The molecule has 0 atom stereocenters. The molecule has 0 bridgehead atoms. The van der Waals surface area contributed by atoms with Crippen LogP contribution >= 0.6 is 0 Å². The van der Waals surface area contributed by atoms with E-state index in [0.29, 0.717) is 12.5 Å². The van der Waals surface area contributed by atoms with Crippen molar-refractivity contribution < 1.29 is 4.52 Å². The number of aromatic nitrogens is 3. The summed E-state index contributed by atoms with van der Waals surface area (Å²) < 4.78 is 7.55. The van der Waals surface area contributed by atoms with Gasteiger partial charge in [0.05, 0.1) is 5.69 Å². The van der Waals surface area contributed by atoms with Gasteiger partial charge in [0.2, 0.25) is 0 Å². The van der Waals surface area contributed by atoms with Crippen molar-refractivity contribution in [3.63, 3.8) is 0 Å². The monoisotopic (exact) mass is 394 g/mol. The zero-order valence-corrected chi connectivity index (χ0v) is 17.4. The smallest absolute Gasteiger partial charge is 0.191 e. The molecule has 2 aromatic heterocycles. The molecule has 7 heteroatoms. The first-order chi connectivity index (χ1) is 14.2. The van der Waals surface area contributed by atoms with Crippen molar-refractivity contribution in [3.05, 3.63) is 71.6 Å². The van der Waals surface area contributed by atoms with Crippen molar-refractivity contribution in [2.75, 3.05) is 13.1 Å². The lowest BCUT2D eigenvalue weighted by Crippen LogP contribution is -2.38. The number of nitrogens with one attached hydrogen (secondary N) is 2. The molecule has 0 saturated carbocycles. The normalized spacial score (nSPS) is 11.8. The Morgan fingerprint density at radius 2 is 2.03 bits per heavy atom. The number of hydrogen-bond donors (Lipinski definition) is 2. The molecule has 0 aliphatic carbocycles. The fourth-order valence-corrected chi connectivity index (χ4v) is 2.96. The Kier molecular flexibility index (Phi) is 7.44. The highest BCUT2D eigenvalue weighted by Gasteiger charge is 2.08. The first-order valence-electron chi connectivity index (χ1n) is 10.2. The Labute approximate surface area is 172 Å². The molecule has 0 unspecified atom stereocenters. The van der Waals surface area contributed by atoms with Crippen molar-refractivity contribution in [2.24, 2.45) is 4.99 Å². The number of benzene rings is 1. The molecule has 29 heavy (non-hydrogen) atoms. The second-order valence-corrected chi connectivity index (χ2v) is 7.20. The Morgan fingerprint density at radius 3 is 2.76 bits per heavy atom. The van der Waals surface area contributed by atoms with E-state index in [4.69, 9.17) is 4.52 Å². The highest BCUT2D eigenvalue weighted by atomic mass is 16.5. The summed E-state index contributed by atoms with van der Waals surface area (Å²) in [6.45, 7) is 9.06. The number of guanidine groups is 1. The van der Waals surface area contributed by atoms with E-state index in [-0.39, 0.29) is 0 Å². The molecule has 0 fully saturated rings. The first-order valence-corrected chi connectivity index (χ1v) is 10.2. The van der Waals surface area contributed by atoms with Crippen LogP contribution in [0.3, 0.4) is 0 Å². The van der Waals surface area contributed by atoms with Crippen LogP contribution < -0.4 is 10.6 Å². The molecular formula is C22H30N6O. The Balaban J connectivity index is 1.53. The Morgan fingerprint density at radius 1 is 1.21 bits per heavy atom. The molecule has 0 aliphatic rings. The SMILES string of the molecule is CCNC(=NCc1cc(C(C)C)no1)NCCc1nccn1Cc1ccccc1. The van der Waals surface area contributed by atoms with Crippen LogP contribution in [0.4, 0.5) is 0 Å². The minimum atomic E-state index is 0.350. The average molecular weight is 395 g/mol. The van der Waals surface area contributed by atoms with Gasteiger partial charge in [-0.15, -0.1) is 0 Å². The number of nitrogens with zero attached hydrogens (tertiary/aromatic N) is 4. The zero-order chi connectivity index (χ0) is 20.5. The van der Waals surface area contributed by atoms with Gasteiger partial charge in [-0.1, -0.05) is 49.3 Å². The number of imidazole rings is 1. The van der Waals surface area contributed by atoms with E-state index in [9.17, 15) is 0 Å². The van der Waals surface area contributed by atoms with Gasteiger partial charge in [-0.05, 0) is 18.4 Å². The maximum atomic E-state index is 5.36. The summed E-state index contributed by atoms with van der Waals surface area (Å²) in [6, 6.07) is 12.4. The average Bonchev–Trinajstić information content (AvgIpc) is 3.37. The highest BCUT2D eigenvalue weighted by Crippen LogP contribution is 2.14. The summed E-state index contributed by atoms with van der Waals surface area (Å²) in [5, 5.41) is 10.7. The predicted molar refractivity (Wildman–Crippen MR) is 115 cm³/mol. The van der Waals surface area contributed by atoms with E-state index in [1.165, 1.54) is 5.56 Å². The predicted octanol–water partition coefficient (Wildman–Crippen LogP) is 3.34. The summed E-state index contributed by atoms with van der Waals surface area (Å²) in [6.07, 6.45) is 4.69. The van der Waals surface area contributed by atoms with Crippen LogP contribution in [0.1, 0.15) is 49.5 Å². The fraction of sp³-hybridized carbons (Fsp3) is 0.409. The van der Waals surface area contributed by atoms with Crippen molar-refractivity contribution in [1.29, 1.82) is 0 Å². The lowest BCUT2D eigenvalue weighted by molar-refractivity contribution is 0.376. The van der Waals surface area contributed by atoms with Crippen molar-refractivity contribution >= 4 is 5.96 Å². The molecule has 2 heterocycles. The summed E-state index contributed by atoms with van der Waals surface area (Å²) in [7, 11) is 0. The van der Waals surface area contributed by atoms with Gasteiger partial charge in [0.25, 0.3) is 0 Å². The van der Waals surface area contributed by atoms with E-state index in [2.05, 4.69) is 75.4 Å². The Bertz CT molecular complexity index is 897. The maximum Gasteiger partial charge on any atom is 0.191 e. The van der Waals surface area contributed by atoms with Crippen molar-refractivity contribution in [1.82, 2.24) is 25.3 Å². The van der Waals surface area contributed by atoms with Gasteiger partial charge >= 0.3 is 0 Å². The van der Waals surface area contributed by atoms with Crippen LogP contribution in [0.15, 0.2) is 58.3 Å². The van der Waals surface area contributed by atoms with Crippen LogP contribution in [0, 0.1) is 0 Å². The molecule has 0 amide bonds. The van der Waals surface area contributed by atoms with Crippen molar-refractivity contribution in [2.45, 2.75) is 46.2 Å². The standard InChI is InChI=1S/C22H30N6O/c1-4-23-22(26-15-19-14-20(17(2)3)27-29-19)25-11-10-21-24-12-13-28(21)16-18-8-6-5-7-9-18/h5-9,12-14,17H,4,10-11,15-16H2,1-3H3,(H2,23,25,26). The third-order valence-corrected chi connectivity index (χ3v) is 4.54. The quantitative estimate of drug-likeness (QED) is 0.430. The number of rotatable bonds is 9.